The van der Waals surface area contributed by atoms with Crippen molar-refractivity contribution in [3.05, 3.63) is 69.7 Å². The first-order valence-electron chi connectivity index (χ1n) is 8.60. The Balaban J connectivity index is 1.67. The van der Waals surface area contributed by atoms with E-state index in [1.165, 1.54) is 11.8 Å². The second kappa shape index (κ2) is 10.0. The van der Waals surface area contributed by atoms with Crippen LogP contribution in [0.15, 0.2) is 48.5 Å². The van der Waals surface area contributed by atoms with Crippen LogP contribution in [-0.4, -0.2) is 47.8 Å². The van der Waals surface area contributed by atoms with Crippen LogP contribution in [0.4, 0.5) is 0 Å². The third-order valence-corrected chi connectivity index (χ3v) is 6.39. The molecule has 1 fully saturated rings. The summed E-state index contributed by atoms with van der Waals surface area (Å²) in [7, 11) is 0. The summed E-state index contributed by atoms with van der Waals surface area (Å²) >= 11 is 19.4. The smallest absolute Gasteiger partial charge is 0.338 e. The first-order chi connectivity index (χ1) is 13.9. The molecule has 2 aromatic carbocycles. The first kappa shape index (κ1) is 22.2. The minimum absolute atomic E-state index is 0.111. The van der Waals surface area contributed by atoms with Gasteiger partial charge in [-0.25, -0.2) is 9.59 Å². The second-order valence-corrected chi connectivity index (χ2v) is 8.53. The summed E-state index contributed by atoms with van der Waals surface area (Å²) in [5.41, 5.74) is 0.0161. The summed E-state index contributed by atoms with van der Waals surface area (Å²) in [5.74, 6) is -1.07. The van der Waals surface area contributed by atoms with Gasteiger partial charge in [-0.1, -0.05) is 34.8 Å². The molecular formula is C20H17Cl3O5S. The van der Waals surface area contributed by atoms with E-state index in [9.17, 15) is 9.59 Å². The molecule has 0 bridgehead atoms. The summed E-state index contributed by atoms with van der Waals surface area (Å²) in [6, 6.07) is 12.7. The zero-order valence-electron chi connectivity index (χ0n) is 15.2. The van der Waals surface area contributed by atoms with Crippen LogP contribution >= 0.6 is 46.6 Å². The number of halogens is 3. The van der Waals surface area contributed by atoms with Crippen LogP contribution in [0, 0.1) is 0 Å². The Morgan fingerprint density at radius 3 is 2.00 bits per heavy atom. The molecule has 0 aromatic heterocycles. The summed E-state index contributed by atoms with van der Waals surface area (Å²) in [6.45, 7) is -0.111. The number of alkyl halides is 1. The molecule has 0 spiro atoms. The molecule has 5 nitrogen and oxygen atoms in total. The van der Waals surface area contributed by atoms with Crippen LogP contribution in [0.3, 0.4) is 0 Å². The fraction of sp³-hybridized carbons (Fsp3) is 0.300. The molecule has 1 aliphatic heterocycles. The van der Waals surface area contributed by atoms with Crippen molar-refractivity contribution >= 4 is 58.5 Å². The molecule has 0 N–H and O–H groups in total. The number of hydrogen-bond acceptors (Lipinski definition) is 6. The van der Waals surface area contributed by atoms with Gasteiger partial charge in [0.05, 0.1) is 16.4 Å². The Labute approximate surface area is 187 Å². The summed E-state index contributed by atoms with van der Waals surface area (Å²) < 4.78 is 16.7. The van der Waals surface area contributed by atoms with Gasteiger partial charge in [-0.2, -0.15) is 11.8 Å². The van der Waals surface area contributed by atoms with Crippen molar-refractivity contribution in [2.75, 3.05) is 12.9 Å². The van der Waals surface area contributed by atoms with Crippen LogP contribution in [0.5, 0.6) is 0 Å². The number of carbonyl (C=O) groups excluding carboxylic acids is 2. The van der Waals surface area contributed by atoms with Gasteiger partial charge in [0, 0.05) is 10.0 Å². The van der Waals surface area contributed by atoms with Gasteiger partial charge >= 0.3 is 11.9 Å². The van der Waals surface area contributed by atoms with Gasteiger partial charge in [0.25, 0.3) is 0 Å². The van der Waals surface area contributed by atoms with Gasteiger partial charge in [-0.15, -0.1) is 0 Å². The number of carbonyl (C=O) groups is 2. The lowest BCUT2D eigenvalue weighted by atomic mass is 10.1. The molecule has 0 amide bonds. The van der Waals surface area contributed by atoms with Gasteiger partial charge in [0.1, 0.15) is 24.4 Å². The number of thioether (sulfide) groups is 1. The lowest BCUT2D eigenvalue weighted by molar-refractivity contribution is -0.0321. The standard InChI is InChI=1S/C20H17Cl3O5S/c1-29-17-16(28-20(25)12-4-8-14(22)9-5-12)15(27-18(17)23)10-26-19(24)11-2-6-13(21)7-3-11/h2-9,15-18H,10H2,1H3/t15-,16-,17+,18+/m1/s1. The van der Waals surface area contributed by atoms with E-state index in [1.54, 1.807) is 48.5 Å². The highest BCUT2D eigenvalue weighted by Gasteiger charge is 2.46. The fourth-order valence-electron chi connectivity index (χ4n) is 2.81. The van der Waals surface area contributed by atoms with E-state index in [2.05, 4.69) is 0 Å². The average Bonchev–Trinajstić information content (AvgIpc) is 3.01. The van der Waals surface area contributed by atoms with E-state index in [4.69, 9.17) is 49.0 Å². The van der Waals surface area contributed by atoms with Crippen LogP contribution in [-0.2, 0) is 14.2 Å². The molecule has 0 radical (unpaired) electrons. The molecule has 2 aromatic rings. The van der Waals surface area contributed by atoms with Crippen LogP contribution < -0.4 is 0 Å². The monoisotopic (exact) mass is 474 g/mol. The van der Waals surface area contributed by atoms with Gasteiger partial charge in [0.2, 0.25) is 0 Å². The minimum atomic E-state index is -0.692. The molecule has 0 saturated carbocycles. The SMILES string of the molecule is CS[C@H]1[C@H](OC(=O)c2ccc(Cl)cc2)[C@@H](COC(=O)c2ccc(Cl)cc2)O[C@@H]1Cl. The Morgan fingerprint density at radius 1 is 0.966 bits per heavy atom. The van der Waals surface area contributed by atoms with Crippen molar-refractivity contribution in [3.63, 3.8) is 0 Å². The average molecular weight is 476 g/mol. The Bertz CT molecular complexity index is 859. The van der Waals surface area contributed by atoms with Crippen LogP contribution in [0.1, 0.15) is 20.7 Å². The van der Waals surface area contributed by atoms with Crippen LogP contribution in [0.2, 0.25) is 10.0 Å². The Kier molecular flexibility index (Phi) is 7.71. The summed E-state index contributed by atoms with van der Waals surface area (Å²) in [5, 5.41) is 0.718. The number of ether oxygens (including phenoxy) is 3. The van der Waals surface area contributed by atoms with Gasteiger partial charge in [0.15, 0.2) is 0 Å². The van der Waals surface area contributed by atoms with Gasteiger partial charge in [-0.05, 0) is 54.8 Å². The molecule has 3 rings (SSSR count). The molecule has 9 heteroatoms. The van der Waals surface area contributed by atoms with E-state index in [-0.39, 0.29) is 11.9 Å². The van der Waals surface area contributed by atoms with E-state index < -0.39 is 29.7 Å². The maximum Gasteiger partial charge on any atom is 0.338 e. The number of hydrogen-bond donors (Lipinski definition) is 0. The molecule has 0 aliphatic carbocycles. The lowest BCUT2D eigenvalue weighted by Crippen LogP contribution is -2.37. The molecule has 1 saturated heterocycles. The zero-order chi connectivity index (χ0) is 21.0. The van der Waals surface area contributed by atoms with E-state index in [1.807, 2.05) is 6.26 Å². The van der Waals surface area contributed by atoms with Gasteiger partial charge < -0.3 is 14.2 Å². The Morgan fingerprint density at radius 2 is 1.48 bits per heavy atom. The summed E-state index contributed by atoms with van der Waals surface area (Å²) in [6.07, 6.45) is 0.463. The number of rotatable bonds is 6. The quantitative estimate of drug-likeness (QED) is 0.429. The number of benzene rings is 2. The predicted octanol–water partition coefficient (Wildman–Crippen LogP) is 5.07. The molecule has 0 unspecified atom stereocenters. The highest BCUT2D eigenvalue weighted by Crippen LogP contribution is 2.35. The third-order valence-electron chi connectivity index (χ3n) is 4.31. The number of esters is 2. The van der Waals surface area contributed by atoms with E-state index in [0.717, 1.165) is 0 Å². The normalized spacial score (nSPS) is 23.6. The molecule has 29 heavy (non-hydrogen) atoms. The molecule has 154 valence electrons. The zero-order valence-corrected chi connectivity index (χ0v) is 18.3. The maximum atomic E-state index is 12.5. The fourth-order valence-corrected chi connectivity index (χ4v) is 4.42. The molecule has 1 aliphatic rings. The van der Waals surface area contributed by atoms with Crippen molar-refractivity contribution in [1.82, 2.24) is 0 Å². The minimum Gasteiger partial charge on any atom is -0.459 e. The molecule has 4 atom stereocenters. The van der Waals surface area contributed by atoms with E-state index in [0.29, 0.717) is 21.2 Å². The third kappa shape index (κ3) is 5.58. The van der Waals surface area contributed by atoms with Crippen molar-refractivity contribution in [1.29, 1.82) is 0 Å². The van der Waals surface area contributed by atoms with Gasteiger partial charge in [-0.3, -0.25) is 0 Å². The van der Waals surface area contributed by atoms with Crippen molar-refractivity contribution in [3.8, 4) is 0 Å². The molecular weight excluding hydrogens is 459 g/mol. The second-order valence-electron chi connectivity index (χ2n) is 6.21. The first-order valence-corrected chi connectivity index (χ1v) is 11.1. The topological polar surface area (TPSA) is 61.8 Å². The highest BCUT2D eigenvalue weighted by molar-refractivity contribution is 7.99. The van der Waals surface area contributed by atoms with Crippen molar-refractivity contribution < 1.29 is 23.8 Å². The lowest BCUT2D eigenvalue weighted by Gasteiger charge is -2.22. The van der Waals surface area contributed by atoms with E-state index >= 15 is 0 Å². The van der Waals surface area contributed by atoms with Crippen molar-refractivity contribution in [2.45, 2.75) is 23.0 Å². The largest absolute Gasteiger partial charge is 0.459 e. The highest BCUT2D eigenvalue weighted by atomic mass is 35.5. The maximum absolute atomic E-state index is 12.5. The predicted molar refractivity (Wildman–Crippen MR) is 114 cm³/mol. The van der Waals surface area contributed by atoms with Crippen LogP contribution in [0.25, 0.3) is 0 Å². The molecule has 1 heterocycles. The Hall–Kier alpha value is -1.44. The van der Waals surface area contributed by atoms with Crippen molar-refractivity contribution in [2.24, 2.45) is 0 Å². The summed E-state index contributed by atoms with van der Waals surface area (Å²) in [4.78, 5) is 24.8.